The van der Waals surface area contributed by atoms with Gasteiger partial charge in [0, 0.05) is 68.0 Å². The van der Waals surface area contributed by atoms with Gasteiger partial charge in [0.05, 0.1) is 48.7 Å². The van der Waals surface area contributed by atoms with Crippen molar-refractivity contribution >= 4 is 23.9 Å². The van der Waals surface area contributed by atoms with E-state index in [2.05, 4.69) is 159 Å². The molecule has 0 spiro atoms. The first-order valence-corrected chi connectivity index (χ1v) is 24.9. The minimum Gasteiger partial charge on any atom is -0.462 e. The molecule has 0 radical (unpaired) electrons. The van der Waals surface area contributed by atoms with E-state index >= 15 is 0 Å². The van der Waals surface area contributed by atoms with Gasteiger partial charge in [0.25, 0.3) is 0 Å². The fourth-order valence-electron chi connectivity index (χ4n) is 12.4. The second-order valence-electron chi connectivity index (χ2n) is 25.6. The Bertz CT molecular complexity index is 2110. The zero-order chi connectivity index (χ0) is 51.1. The molecule has 4 fully saturated rings. The van der Waals surface area contributed by atoms with Crippen LogP contribution in [0.3, 0.4) is 0 Å². The molecule has 0 saturated carbocycles. The molecule has 0 bridgehead atoms. The molecule has 4 atom stereocenters. The first-order chi connectivity index (χ1) is 31.0. The highest BCUT2D eigenvalue weighted by Crippen LogP contribution is 2.47. The standard InChI is InChI=1S/C56H86N4O8/c1-49(2)27-37(53(9,10)57(49)17)31-65-45(61)41-23-21-35(25-43(41)47(63)67-33-39-29-51(5,6)59(19)55(39,13)14)36-22-24-42(46(62)66-32-38-28-50(3,4)58(18)54(38,11)12)44(26-36)48(64)68-34-40-30-52(7,8)60(20)56(40,15)16/h21-26,37-40H,27-34H2,1-20H3. The molecule has 4 saturated heterocycles. The highest BCUT2D eigenvalue weighted by atomic mass is 16.5. The maximum absolute atomic E-state index is 14.4. The fraction of sp³-hybridized carbons (Fsp3) is 0.714. The number of esters is 4. The van der Waals surface area contributed by atoms with E-state index in [9.17, 15) is 19.2 Å². The van der Waals surface area contributed by atoms with Gasteiger partial charge < -0.3 is 18.9 Å². The van der Waals surface area contributed by atoms with Crippen LogP contribution in [0.4, 0.5) is 0 Å². The van der Waals surface area contributed by atoms with Gasteiger partial charge >= 0.3 is 23.9 Å². The minimum absolute atomic E-state index is 0.0456. The van der Waals surface area contributed by atoms with Crippen molar-refractivity contribution in [2.24, 2.45) is 23.7 Å². The lowest BCUT2D eigenvalue weighted by Crippen LogP contribution is -2.47. The Morgan fingerprint density at radius 3 is 0.779 bits per heavy atom. The van der Waals surface area contributed by atoms with Gasteiger partial charge in [-0.05, 0) is 200 Å². The summed E-state index contributed by atoms with van der Waals surface area (Å²) in [6, 6.07) is 9.94. The van der Waals surface area contributed by atoms with Gasteiger partial charge in [-0.15, -0.1) is 0 Å². The molecular formula is C56H86N4O8. The van der Waals surface area contributed by atoms with E-state index in [1.165, 1.54) is 0 Å². The van der Waals surface area contributed by atoms with Crippen LogP contribution in [0, 0.1) is 23.7 Å². The summed E-state index contributed by atoms with van der Waals surface area (Å²) in [6.07, 6.45) is 3.34. The normalized spacial score (nSPS) is 27.8. The minimum atomic E-state index is -0.639. The zero-order valence-electron chi connectivity index (χ0n) is 45.5. The SMILES string of the molecule is CN1C(C)(C)CC(COC(=O)c2ccc(-c3ccc(C(=O)OCC4CC(C)(C)N(C)C4(C)C)c(C(=O)OCC4CC(C)(C)N(C)C4(C)C)c3)cc2C(=O)OCC2CC(C)(C)N(C)C2(C)C)C1(C)C. The molecule has 4 aliphatic rings. The monoisotopic (exact) mass is 943 g/mol. The number of carbonyl (C=O) groups is 4. The zero-order valence-corrected chi connectivity index (χ0v) is 45.5. The molecule has 0 amide bonds. The summed E-state index contributed by atoms with van der Waals surface area (Å²) in [7, 11) is 8.41. The van der Waals surface area contributed by atoms with Gasteiger partial charge in [0.1, 0.15) is 0 Å². The second-order valence-corrected chi connectivity index (χ2v) is 25.6. The summed E-state index contributed by atoms with van der Waals surface area (Å²) in [6.45, 7) is 35.6. The van der Waals surface area contributed by atoms with Gasteiger partial charge in [0.15, 0.2) is 0 Å². The summed E-state index contributed by atoms with van der Waals surface area (Å²) in [5, 5.41) is 0. The van der Waals surface area contributed by atoms with Crippen molar-refractivity contribution in [1.29, 1.82) is 0 Å². The molecular weight excluding hydrogens is 857 g/mol. The molecule has 68 heavy (non-hydrogen) atoms. The van der Waals surface area contributed by atoms with Gasteiger partial charge in [-0.1, -0.05) is 12.1 Å². The van der Waals surface area contributed by atoms with Crippen molar-refractivity contribution in [2.45, 2.75) is 181 Å². The van der Waals surface area contributed by atoms with Gasteiger partial charge in [-0.25, -0.2) is 19.2 Å². The Morgan fingerprint density at radius 1 is 0.382 bits per heavy atom. The lowest BCUT2D eigenvalue weighted by molar-refractivity contribution is 0.0284. The van der Waals surface area contributed by atoms with Crippen LogP contribution in [-0.4, -0.2) is 142 Å². The lowest BCUT2D eigenvalue weighted by atomic mass is 9.87. The van der Waals surface area contributed by atoms with Crippen molar-refractivity contribution in [3.05, 3.63) is 58.7 Å². The third kappa shape index (κ3) is 9.78. The number of hydrogen-bond donors (Lipinski definition) is 0. The molecule has 0 aliphatic carbocycles. The number of likely N-dealkylation sites (tertiary alicyclic amines) is 4. The average molecular weight is 943 g/mol. The highest BCUT2D eigenvalue weighted by molar-refractivity contribution is 6.06. The first-order valence-electron chi connectivity index (χ1n) is 24.9. The maximum atomic E-state index is 14.4. The number of nitrogens with zero attached hydrogens (tertiary/aromatic N) is 4. The van der Waals surface area contributed by atoms with Crippen molar-refractivity contribution in [2.75, 3.05) is 54.6 Å². The quantitative estimate of drug-likeness (QED) is 0.141. The third-order valence-electron chi connectivity index (χ3n) is 19.0. The number of hydrogen-bond acceptors (Lipinski definition) is 12. The molecule has 0 aromatic heterocycles. The Balaban J connectivity index is 1.34. The van der Waals surface area contributed by atoms with E-state index < -0.39 is 23.9 Å². The number of rotatable bonds is 13. The molecule has 4 heterocycles. The Labute approximate surface area is 409 Å². The summed E-state index contributed by atoms with van der Waals surface area (Å²) in [4.78, 5) is 66.4. The third-order valence-corrected chi connectivity index (χ3v) is 19.0. The predicted octanol–water partition coefficient (Wildman–Crippen LogP) is 10.0. The number of carbonyl (C=O) groups excluding carboxylic acids is 4. The molecule has 378 valence electrons. The van der Waals surface area contributed by atoms with E-state index in [0.717, 1.165) is 25.7 Å². The van der Waals surface area contributed by atoms with E-state index in [1.807, 2.05) is 0 Å². The maximum Gasteiger partial charge on any atom is 0.339 e. The van der Waals surface area contributed by atoms with Crippen LogP contribution >= 0.6 is 0 Å². The topological polar surface area (TPSA) is 118 Å². The van der Waals surface area contributed by atoms with Crippen molar-refractivity contribution in [1.82, 2.24) is 19.6 Å². The Hall–Kier alpha value is -3.84. The van der Waals surface area contributed by atoms with Crippen LogP contribution in [0.15, 0.2) is 36.4 Å². The fourth-order valence-corrected chi connectivity index (χ4v) is 12.4. The number of ether oxygens (including phenoxy) is 4. The summed E-state index contributed by atoms with van der Waals surface area (Å²) < 4.78 is 24.4. The van der Waals surface area contributed by atoms with E-state index in [0.29, 0.717) is 11.1 Å². The molecule has 4 unspecified atom stereocenters. The molecule has 0 N–H and O–H groups in total. The van der Waals surface area contributed by atoms with Gasteiger partial charge in [-0.2, -0.15) is 0 Å². The predicted molar refractivity (Wildman–Crippen MR) is 269 cm³/mol. The average Bonchev–Trinajstić information content (AvgIpc) is 3.68. The summed E-state index contributed by atoms with van der Waals surface area (Å²) >= 11 is 0. The highest BCUT2D eigenvalue weighted by Gasteiger charge is 2.53. The second kappa shape index (κ2) is 18.1. The van der Waals surface area contributed by atoms with Crippen molar-refractivity contribution < 1.29 is 38.1 Å². The molecule has 2 aromatic rings. The van der Waals surface area contributed by atoms with Crippen LogP contribution in [0.1, 0.15) is 178 Å². The number of benzene rings is 2. The van der Waals surface area contributed by atoms with E-state index in [1.54, 1.807) is 36.4 Å². The molecule has 2 aromatic carbocycles. The van der Waals surface area contributed by atoms with Crippen LogP contribution in [-0.2, 0) is 18.9 Å². The van der Waals surface area contributed by atoms with E-state index in [4.69, 9.17) is 18.9 Å². The van der Waals surface area contributed by atoms with E-state index in [-0.39, 0.29) is 117 Å². The largest absolute Gasteiger partial charge is 0.462 e. The van der Waals surface area contributed by atoms with Crippen LogP contribution in [0.5, 0.6) is 0 Å². The summed E-state index contributed by atoms with van der Waals surface area (Å²) in [5.41, 5.74) is 0.156. The van der Waals surface area contributed by atoms with Crippen LogP contribution in [0.25, 0.3) is 11.1 Å². The van der Waals surface area contributed by atoms with Crippen molar-refractivity contribution in [3.8, 4) is 11.1 Å². The molecule has 4 aliphatic heterocycles. The molecule has 12 nitrogen and oxygen atoms in total. The van der Waals surface area contributed by atoms with Gasteiger partial charge in [0.2, 0.25) is 0 Å². The van der Waals surface area contributed by atoms with Crippen LogP contribution in [0.2, 0.25) is 0 Å². The Kier molecular flexibility index (Phi) is 14.2. The van der Waals surface area contributed by atoms with Crippen LogP contribution < -0.4 is 0 Å². The Morgan fingerprint density at radius 2 is 0.588 bits per heavy atom. The smallest absolute Gasteiger partial charge is 0.339 e. The first kappa shape index (κ1) is 53.5. The molecule has 6 rings (SSSR count). The molecule has 12 heteroatoms. The summed E-state index contributed by atoms with van der Waals surface area (Å²) in [5.74, 6) is -2.27. The van der Waals surface area contributed by atoms with Crippen molar-refractivity contribution in [3.63, 3.8) is 0 Å². The lowest BCUT2D eigenvalue weighted by Gasteiger charge is -2.38. The van der Waals surface area contributed by atoms with Gasteiger partial charge in [-0.3, -0.25) is 19.6 Å².